The summed E-state index contributed by atoms with van der Waals surface area (Å²) < 4.78 is 5.98. The Morgan fingerprint density at radius 3 is 2.83 bits per heavy atom. The van der Waals surface area contributed by atoms with Crippen molar-refractivity contribution in [2.45, 2.75) is 44.8 Å². The number of thioether (sulfide) groups is 1. The van der Waals surface area contributed by atoms with Crippen molar-refractivity contribution in [2.75, 3.05) is 12.9 Å². The van der Waals surface area contributed by atoms with E-state index in [0.29, 0.717) is 16.1 Å². The van der Waals surface area contributed by atoms with Gasteiger partial charge in [-0.2, -0.15) is 11.8 Å². The molecule has 2 rings (SSSR count). The van der Waals surface area contributed by atoms with Gasteiger partial charge in [-0.3, -0.25) is 0 Å². The quantitative estimate of drug-likeness (QED) is 0.670. The Balaban J connectivity index is 2.04. The summed E-state index contributed by atoms with van der Waals surface area (Å²) in [5, 5.41) is 0. The molecule has 2 aliphatic carbocycles. The molecular formula is C16H26OS. The minimum Gasteiger partial charge on any atom is -0.501 e. The normalized spacial score (nSPS) is 34.6. The molecule has 0 N–H and O–H groups in total. The van der Waals surface area contributed by atoms with Crippen LogP contribution in [0.15, 0.2) is 24.5 Å². The number of rotatable bonds is 5. The highest BCUT2D eigenvalue weighted by Crippen LogP contribution is 2.63. The van der Waals surface area contributed by atoms with E-state index in [0.717, 1.165) is 12.3 Å². The topological polar surface area (TPSA) is 9.23 Å². The predicted molar refractivity (Wildman–Crippen MR) is 80.8 cm³/mol. The zero-order valence-corrected chi connectivity index (χ0v) is 13.0. The van der Waals surface area contributed by atoms with Crippen molar-refractivity contribution in [1.82, 2.24) is 0 Å². The van der Waals surface area contributed by atoms with Crippen LogP contribution in [0, 0.1) is 17.3 Å². The van der Waals surface area contributed by atoms with Gasteiger partial charge in [-0.15, -0.1) is 6.58 Å². The van der Waals surface area contributed by atoms with E-state index in [9.17, 15) is 0 Å². The van der Waals surface area contributed by atoms with Crippen LogP contribution in [-0.4, -0.2) is 17.6 Å². The summed E-state index contributed by atoms with van der Waals surface area (Å²) in [6.45, 7) is 10.8. The molecule has 1 fully saturated rings. The lowest BCUT2D eigenvalue weighted by Gasteiger charge is -2.28. The van der Waals surface area contributed by atoms with Gasteiger partial charge in [0.25, 0.3) is 0 Å². The van der Waals surface area contributed by atoms with Gasteiger partial charge in [0.05, 0.1) is 12.9 Å². The largest absolute Gasteiger partial charge is 0.501 e. The van der Waals surface area contributed by atoms with Gasteiger partial charge in [-0.25, -0.2) is 0 Å². The van der Waals surface area contributed by atoms with Crippen molar-refractivity contribution < 1.29 is 4.74 Å². The lowest BCUT2D eigenvalue weighted by Crippen LogP contribution is -2.21. The average molecular weight is 266 g/mol. The van der Waals surface area contributed by atoms with Crippen LogP contribution in [0.2, 0.25) is 0 Å². The number of hydrogen-bond acceptors (Lipinski definition) is 2. The standard InChI is InChI=1S/C16H26OS/c1-6-7-12-8-13-9-16(13,10-14(12)17-5)11-18-15(2,3)4/h6,10,12-13H,1,7-9,11H2,2-5H3/t12-,13+,16+/m1/s1. The van der Waals surface area contributed by atoms with Crippen LogP contribution in [0.3, 0.4) is 0 Å². The van der Waals surface area contributed by atoms with Crippen LogP contribution < -0.4 is 0 Å². The maximum atomic E-state index is 5.61. The van der Waals surface area contributed by atoms with Crippen molar-refractivity contribution in [3.05, 3.63) is 24.5 Å². The molecule has 2 heteroatoms. The summed E-state index contributed by atoms with van der Waals surface area (Å²) in [5.41, 5.74) is 0.445. The molecule has 0 radical (unpaired) electrons. The summed E-state index contributed by atoms with van der Waals surface area (Å²) in [6, 6.07) is 0. The Bertz CT molecular complexity index is 353. The molecule has 0 spiro atoms. The van der Waals surface area contributed by atoms with Gasteiger partial charge in [0.1, 0.15) is 0 Å². The van der Waals surface area contributed by atoms with Gasteiger partial charge in [0, 0.05) is 21.8 Å². The Hall–Kier alpha value is -0.370. The van der Waals surface area contributed by atoms with Gasteiger partial charge in [0.15, 0.2) is 0 Å². The van der Waals surface area contributed by atoms with Crippen LogP contribution in [-0.2, 0) is 4.74 Å². The van der Waals surface area contributed by atoms with Crippen LogP contribution in [0.5, 0.6) is 0 Å². The van der Waals surface area contributed by atoms with E-state index in [1.807, 2.05) is 13.2 Å². The monoisotopic (exact) mass is 266 g/mol. The molecule has 2 aliphatic rings. The Morgan fingerprint density at radius 2 is 2.28 bits per heavy atom. The van der Waals surface area contributed by atoms with Crippen LogP contribution >= 0.6 is 11.8 Å². The molecule has 3 atom stereocenters. The SMILES string of the molecule is C=CC[C@@H]1C[C@H]2C[C@@]2(CSC(C)(C)C)C=C1OC. The van der Waals surface area contributed by atoms with E-state index in [4.69, 9.17) is 4.74 Å². The van der Waals surface area contributed by atoms with Gasteiger partial charge in [0.2, 0.25) is 0 Å². The third-order valence-electron chi connectivity index (χ3n) is 4.14. The molecule has 0 amide bonds. The molecule has 0 unspecified atom stereocenters. The molecule has 1 saturated carbocycles. The number of fused-ring (bicyclic) bond motifs is 1. The summed E-state index contributed by atoms with van der Waals surface area (Å²) >= 11 is 2.09. The molecule has 0 aliphatic heterocycles. The van der Waals surface area contributed by atoms with E-state index in [1.54, 1.807) is 0 Å². The third kappa shape index (κ3) is 2.96. The minimum absolute atomic E-state index is 0.362. The summed E-state index contributed by atoms with van der Waals surface area (Å²) in [5.74, 6) is 3.91. The zero-order chi connectivity index (χ0) is 13.4. The van der Waals surface area contributed by atoms with Gasteiger partial charge in [-0.05, 0) is 31.3 Å². The first-order valence-electron chi connectivity index (χ1n) is 6.92. The molecule has 0 saturated heterocycles. The number of allylic oxidation sites excluding steroid dienone is 3. The fraction of sp³-hybridized carbons (Fsp3) is 0.750. The average Bonchev–Trinajstić information content (AvgIpc) is 2.99. The van der Waals surface area contributed by atoms with Crippen LogP contribution in [0.25, 0.3) is 0 Å². The second-order valence-electron chi connectivity index (χ2n) is 6.74. The van der Waals surface area contributed by atoms with E-state index in [1.165, 1.54) is 24.4 Å². The van der Waals surface area contributed by atoms with E-state index < -0.39 is 0 Å². The smallest absolute Gasteiger partial charge is 0.0955 e. The molecule has 0 aromatic heterocycles. The maximum absolute atomic E-state index is 5.61. The first kappa shape index (κ1) is 14.0. The van der Waals surface area contributed by atoms with Gasteiger partial charge >= 0.3 is 0 Å². The van der Waals surface area contributed by atoms with Crippen molar-refractivity contribution in [1.29, 1.82) is 0 Å². The molecule has 0 aromatic rings. The Labute approximate surface area is 116 Å². The lowest BCUT2D eigenvalue weighted by molar-refractivity contribution is 0.214. The molecule has 0 bridgehead atoms. The van der Waals surface area contributed by atoms with Crippen molar-refractivity contribution in [3.63, 3.8) is 0 Å². The van der Waals surface area contributed by atoms with Crippen molar-refractivity contribution >= 4 is 11.8 Å². The molecule has 0 heterocycles. The highest BCUT2D eigenvalue weighted by Gasteiger charge is 2.56. The zero-order valence-electron chi connectivity index (χ0n) is 12.2. The highest BCUT2D eigenvalue weighted by molar-refractivity contribution is 8.00. The maximum Gasteiger partial charge on any atom is 0.0955 e. The fourth-order valence-corrected chi connectivity index (χ4v) is 4.10. The molecule has 18 heavy (non-hydrogen) atoms. The predicted octanol–water partition coefficient (Wildman–Crippen LogP) is 4.65. The first-order valence-corrected chi connectivity index (χ1v) is 7.90. The Morgan fingerprint density at radius 1 is 1.56 bits per heavy atom. The summed E-state index contributed by atoms with van der Waals surface area (Å²) in [6.07, 6.45) is 8.16. The third-order valence-corrected chi connectivity index (χ3v) is 5.69. The summed E-state index contributed by atoms with van der Waals surface area (Å²) in [4.78, 5) is 0. The molecule has 102 valence electrons. The first-order chi connectivity index (χ1) is 8.40. The van der Waals surface area contributed by atoms with E-state index >= 15 is 0 Å². The van der Waals surface area contributed by atoms with Gasteiger partial charge < -0.3 is 4.74 Å². The molecule has 1 nitrogen and oxygen atoms in total. The number of ether oxygens (including phenoxy) is 1. The fourth-order valence-electron chi connectivity index (χ4n) is 2.96. The van der Waals surface area contributed by atoms with Crippen LogP contribution in [0.4, 0.5) is 0 Å². The molecule has 0 aromatic carbocycles. The number of hydrogen-bond donors (Lipinski definition) is 0. The second kappa shape index (κ2) is 4.96. The Kier molecular flexibility index (Phi) is 3.87. The van der Waals surface area contributed by atoms with E-state index in [2.05, 4.69) is 45.2 Å². The van der Waals surface area contributed by atoms with Crippen molar-refractivity contribution in [3.8, 4) is 0 Å². The second-order valence-corrected chi connectivity index (χ2v) is 8.55. The van der Waals surface area contributed by atoms with Crippen molar-refractivity contribution in [2.24, 2.45) is 17.3 Å². The summed E-state index contributed by atoms with van der Waals surface area (Å²) in [7, 11) is 1.81. The van der Waals surface area contributed by atoms with E-state index in [-0.39, 0.29) is 0 Å². The lowest BCUT2D eigenvalue weighted by atomic mass is 9.86. The number of methoxy groups -OCH3 is 1. The highest BCUT2D eigenvalue weighted by atomic mass is 32.2. The minimum atomic E-state index is 0.362. The molecular weight excluding hydrogens is 240 g/mol. The van der Waals surface area contributed by atoms with Crippen LogP contribution in [0.1, 0.15) is 40.0 Å². The van der Waals surface area contributed by atoms with Gasteiger partial charge in [-0.1, -0.05) is 26.8 Å².